The second-order valence-electron chi connectivity index (χ2n) is 16.1. The summed E-state index contributed by atoms with van der Waals surface area (Å²) in [5, 5.41) is 12.5. The second kappa shape index (κ2) is 18.1. The van der Waals surface area contributed by atoms with Crippen LogP contribution < -0.4 is 0 Å². The van der Waals surface area contributed by atoms with Crippen molar-refractivity contribution in [3.63, 3.8) is 0 Å². The first-order valence-electron chi connectivity index (χ1n) is 22.0. The molecule has 12 aromatic rings. The molecular weight excluding hydrogens is 791 g/mol. The van der Waals surface area contributed by atoms with Crippen molar-refractivity contribution in [3.8, 4) is 56.4 Å². The molecule has 0 aliphatic heterocycles. The first-order valence-corrected chi connectivity index (χ1v) is 22.0. The molecular formula is C60H47N5. The van der Waals surface area contributed by atoms with Gasteiger partial charge in [-0.05, 0) is 109 Å². The average Bonchev–Trinajstić information content (AvgIpc) is 4.09. The topological polar surface area (TPSA) is 51.4 Å². The number of hydrogen-bond donors (Lipinski definition) is 1. The van der Waals surface area contributed by atoms with Crippen LogP contribution in [0.3, 0.4) is 0 Å². The lowest BCUT2D eigenvalue weighted by molar-refractivity contribution is 1.10. The minimum atomic E-state index is 0.693. The Morgan fingerprint density at radius 3 is 1.34 bits per heavy atom. The maximum absolute atomic E-state index is 4.76. The van der Waals surface area contributed by atoms with Crippen LogP contribution in [0.4, 0.5) is 0 Å². The number of H-pyrrole nitrogens is 1. The summed E-state index contributed by atoms with van der Waals surface area (Å²) in [5.74, 6) is 1.44. The van der Waals surface area contributed by atoms with Gasteiger partial charge in [0.05, 0.1) is 22.1 Å². The van der Waals surface area contributed by atoms with Gasteiger partial charge in [0.2, 0.25) is 0 Å². The summed E-state index contributed by atoms with van der Waals surface area (Å²) < 4.78 is 4.71. The molecule has 3 heterocycles. The number of rotatable bonds is 6. The van der Waals surface area contributed by atoms with E-state index < -0.39 is 0 Å². The minimum absolute atomic E-state index is 0.693. The Hall–Kier alpha value is -8.54. The van der Waals surface area contributed by atoms with E-state index >= 15 is 0 Å². The van der Waals surface area contributed by atoms with Crippen LogP contribution >= 0.6 is 0 Å². The van der Waals surface area contributed by atoms with Crippen molar-refractivity contribution in [2.24, 2.45) is 0 Å². The number of aryl methyl sites for hydroxylation is 1. The van der Waals surface area contributed by atoms with Crippen LogP contribution in [0, 0.1) is 6.92 Å². The van der Waals surface area contributed by atoms with Crippen LogP contribution in [-0.2, 0) is 0 Å². The van der Waals surface area contributed by atoms with E-state index in [-0.39, 0.29) is 0 Å². The zero-order chi connectivity index (χ0) is 44.1. The average molecular weight is 838 g/mol. The van der Waals surface area contributed by atoms with Crippen molar-refractivity contribution in [1.29, 1.82) is 0 Å². The van der Waals surface area contributed by atoms with Crippen LogP contribution in [-0.4, -0.2) is 24.3 Å². The van der Waals surface area contributed by atoms with Crippen LogP contribution in [0.15, 0.2) is 237 Å². The zero-order valence-corrected chi connectivity index (χ0v) is 36.4. The number of benzene rings is 9. The number of hydrogen-bond acceptors (Lipinski definition) is 2. The summed E-state index contributed by atoms with van der Waals surface area (Å²) in [4.78, 5) is 4.76. The molecule has 0 amide bonds. The number of para-hydroxylation sites is 3. The lowest BCUT2D eigenvalue weighted by atomic mass is 10.0. The lowest BCUT2D eigenvalue weighted by Crippen LogP contribution is -1.94. The highest BCUT2D eigenvalue weighted by Crippen LogP contribution is 2.38. The van der Waals surface area contributed by atoms with Crippen molar-refractivity contribution in [2.45, 2.75) is 13.8 Å². The van der Waals surface area contributed by atoms with Crippen molar-refractivity contribution in [1.82, 2.24) is 24.3 Å². The fourth-order valence-corrected chi connectivity index (χ4v) is 8.69. The largest absolute Gasteiger partial charge is 0.309 e. The molecule has 0 aliphatic rings. The van der Waals surface area contributed by atoms with E-state index in [1.165, 1.54) is 77.1 Å². The maximum atomic E-state index is 4.76. The molecule has 0 atom stereocenters. The lowest BCUT2D eigenvalue weighted by Gasteiger charge is -2.10. The molecule has 5 nitrogen and oxygen atoms in total. The molecule has 3 aromatic heterocycles. The van der Waals surface area contributed by atoms with Gasteiger partial charge in [0, 0.05) is 44.0 Å². The third-order valence-electron chi connectivity index (χ3n) is 11.8. The molecule has 5 heteroatoms. The van der Waals surface area contributed by atoms with E-state index in [1.54, 1.807) is 6.08 Å². The summed E-state index contributed by atoms with van der Waals surface area (Å²) in [6.07, 6.45) is 1.75. The summed E-state index contributed by atoms with van der Waals surface area (Å²) in [7, 11) is 0. The van der Waals surface area contributed by atoms with Gasteiger partial charge in [-0.1, -0.05) is 163 Å². The fraction of sp³-hybridized carbons (Fsp3) is 0.0333. The molecule has 0 radical (unpaired) electrons. The molecule has 0 bridgehead atoms. The molecule has 0 spiro atoms. The highest BCUT2D eigenvalue weighted by atomic mass is 15.2. The number of aromatic nitrogens is 5. The molecule has 0 aliphatic carbocycles. The van der Waals surface area contributed by atoms with Crippen LogP contribution in [0.5, 0.6) is 0 Å². The Morgan fingerprint density at radius 2 is 0.800 bits per heavy atom. The Labute approximate surface area is 379 Å². The fourth-order valence-electron chi connectivity index (χ4n) is 8.69. The summed E-state index contributed by atoms with van der Waals surface area (Å²) in [5.41, 5.74) is 15.3. The van der Waals surface area contributed by atoms with Gasteiger partial charge in [-0.25, -0.2) is 4.98 Å². The Kier molecular flexibility index (Phi) is 11.3. The van der Waals surface area contributed by atoms with E-state index in [0.717, 1.165) is 22.6 Å². The summed E-state index contributed by atoms with van der Waals surface area (Å²) in [6.45, 7) is 7.36. The predicted octanol–water partition coefficient (Wildman–Crippen LogP) is 15.9. The highest BCUT2D eigenvalue weighted by molar-refractivity contribution is 6.12. The molecule has 9 aromatic carbocycles. The van der Waals surface area contributed by atoms with Crippen molar-refractivity contribution in [3.05, 3.63) is 243 Å². The third kappa shape index (κ3) is 8.03. The van der Waals surface area contributed by atoms with Crippen molar-refractivity contribution >= 4 is 43.6 Å². The number of nitrogens with one attached hydrogen (secondary N) is 1. The van der Waals surface area contributed by atoms with Gasteiger partial charge in [0.25, 0.3) is 0 Å². The molecule has 0 saturated heterocycles. The second-order valence-corrected chi connectivity index (χ2v) is 16.1. The standard InChI is InChI=1S/C44H29N5.C13H12.C3H6/c1-3-11-29(12-4-1)43-45-44(47-46-43)30-19-23-34(24-20-30)49-40-18-10-8-16-36(40)38-28-32(22-26-42(38)49)31-21-25-41-37(27-31)35-15-7-9-17-39(35)48(41)33-13-5-2-6-14-33;1-11-7-9-13(10-8-11)12-5-3-2-4-6-12;1-3-2/h1-28H,(H,45,46,47);2-10H,1H3;3H,1H2,2H3. The predicted molar refractivity (Wildman–Crippen MR) is 274 cm³/mol. The van der Waals surface area contributed by atoms with Gasteiger partial charge in [0.1, 0.15) is 0 Å². The van der Waals surface area contributed by atoms with Crippen molar-refractivity contribution < 1.29 is 0 Å². The zero-order valence-electron chi connectivity index (χ0n) is 36.4. The van der Waals surface area contributed by atoms with E-state index in [9.17, 15) is 0 Å². The van der Waals surface area contributed by atoms with Gasteiger partial charge >= 0.3 is 0 Å². The SMILES string of the molecule is C=CC.Cc1ccc(-c2ccccc2)cc1.c1ccc(-c2n[nH]c(-c3ccc(-n4c5ccccc5c5cc(-c6ccc7c(c6)c6ccccc6n7-c6ccccc6)ccc54)cc3)n2)cc1. The molecule has 0 unspecified atom stereocenters. The van der Waals surface area contributed by atoms with E-state index in [4.69, 9.17) is 4.98 Å². The number of nitrogens with zero attached hydrogens (tertiary/aromatic N) is 4. The molecule has 312 valence electrons. The third-order valence-corrected chi connectivity index (χ3v) is 11.8. The quantitative estimate of drug-likeness (QED) is 0.170. The Balaban J connectivity index is 0.000000264. The first kappa shape index (κ1) is 40.5. The summed E-state index contributed by atoms with van der Waals surface area (Å²) >= 11 is 0. The van der Waals surface area contributed by atoms with Gasteiger partial charge in [0.15, 0.2) is 11.6 Å². The van der Waals surface area contributed by atoms with E-state index in [2.05, 4.69) is 221 Å². The molecule has 12 rings (SSSR count). The molecule has 0 fully saturated rings. The monoisotopic (exact) mass is 837 g/mol. The van der Waals surface area contributed by atoms with E-state index in [1.807, 2.05) is 43.3 Å². The minimum Gasteiger partial charge on any atom is -0.309 e. The smallest absolute Gasteiger partial charge is 0.181 e. The normalized spacial score (nSPS) is 11.0. The first-order chi connectivity index (χ1) is 32.1. The maximum Gasteiger partial charge on any atom is 0.181 e. The van der Waals surface area contributed by atoms with Gasteiger partial charge in [-0.3, -0.25) is 5.10 Å². The van der Waals surface area contributed by atoms with Gasteiger partial charge in [-0.15, -0.1) is 6.58 Å². The molecule has 0 saturated carbocycles. The Bertz CT molecular complexity index is 3540. The van der Waals surface area contributed by atoms with Crippen LogP contribution in [0.25, 0.3) is 100 Å². The van der Waals surface area contributed by atoms with E-state index in [0.29, 0.717) is 5.82 Å². The summed E-state index contributed by atoms with van der Waals surface area (Å²) in [6, 6.07) is 79.3. The van der Waals surface area contributed by atoms with Crippen molar-refractivity contribution in [2.75, 3.05) is 0 Å². The van der Waals surface area contributed by atoms with Gasteiger partial charge in [-0.2, -0.15) is 5.10 Å². The highest BCUT2D eigenvalue weighted by Gasteiger charge is 2.16. The number of aromatic amines is 1. The molecule has 65 heavy (non-hydrogen) atoms. The number of allylic oxidation sites excluding steroid dienone is 1. The van der Waals surface area contributed by atoms with Crippen LogP contribution in [0.2, 0.25) is 0 Å². The molecule has 1 N–H and O–H groups in total. The van der Waals surface area contributed by atoms with Crippen LogP contribution in [0.1, 0.15) is 12.5 Å². The van der Waals surface area contributed by atoms with Gasteiger partial charge < -0.3 is 9.13 Å². The number of fused-ring (bicyclic) bond motifs is 6. The Morgan fingerprint density at radius 1 is 0.400 bits per heavy atom.